The van der Waals surface area contributed by atoms with Crippen LogP contribution in [0.1, 0.15) is 68.3 Å². The summed E-state index contributed by atoms with van der Waals surface area (Å²) < 4.78 is 56.0. The lowest BCUT2D eigenvalue weighted by molar-refractivity contribution is -0.137. The molecular formula is C47H50ClF3N10O12. The lowest BCUT2D eigenvalue weighted by atomic mass is 10.0. The number of amides is 7. The number of nitrogens with zero attached hydrogens (tertiary/aromatic N) is 4. The van der Waals surface area contributed by atoms with E-state index in [0.717, 1.165) is 9.47 Å². The van der Waals surface area contributed by atoms with Gasteiger partial charge in [-0.05, 0) is 55.4 Å². The summed E-state index contributed by atoms with van der Waals surface area (Å²) in [5.41, 5.74) is 8.74. The monoisotopic (exact) mass is 1040 g/mol. The minimum absolute atomic E-state index is 0.0647. The van der Waals surface area contributed by atoms with Crippen molar-refractivity contribution in [3.8, 4) is 5.82 Å². The molecule has 9 N–H and O–H groups in total. The molecule has 0 unspecified atom stereocenters. The summed E-state index contributed by atoms with van der Waals surface area (Å²) in [5, 5.41) is 19.2. The molecule has 2 aliphatic rings. The largest absolute Gasteiger partial charge is 0.509 e. The third-order valence-electron chi connectivity index (χ3n) is 11.6. The Kier molecular flexibility index (Phi) is 17.6. The summed E-state index contributed by atoms with van der Waals surface area (Å²) in [7, 11) is 0. The molecule has 0 bridgehead atoms. The van der Waals surface area contributed by atoms with Crippen LogP contribution in [0.2, 0.25) is 5.02 Å². The minimum atomic E-state index is -1.73. The zero-order valence-corrected chi connectivity index (χ0v) is 39.9. The lowest BCUT2D eigenvalue weighted by Crippen LogP contribution is -2.54. The van der Waals surface area contributed by atoms with Crippen molar-refractivity contribution >= 4 is 87.4 Å². The summed E-state index contributed by atoms with van der Waals surface area (Å²) in [6, 6.07) is 4.27. The Labute approximate surface area is 418 Å². The van der Waals surface area contributed by atoms with Crippen LogP contribution in [0.15, 0.2) is 59.5 Å². The van der Waals surface area contributed by atoms with Crippen LogP contribution in [0.25, 0.3) is 16.7 Å². The molecule has 4 aromatic rings. The Morgan fingerprint density at radius 2 is 1.59 bits per heavy atom. The number of carboxylic acid groups (broad SMARTS) is 1. The number of pyridine rings is 2. The van der Waals surface area contributed by atoms with E-state index in [9.17, 15) is 52.6 Å². The van der Waals surface area contributed by atoms with Crippen molar-refractivity contribution in [1.82, 2.24) is 30.4 Å². The van der Waals surface area contributed by atoms with Gasteiger partial charge in [-0.25, -0.2) is 32.5 Å². The zero-order chi connectivity index (χ0) is 53.3. The molecule has 2 atom stereocenters. The van der Waals surface area contributed by atoms with Crippen LogP contribution >= 0.6 is 11.6 Å². The second-order valence-electron chi connectivity index (χ2n) is 17.3. The number of nitrogen functional groups attached to an aromatic ring is 1. The summed E-state index contributed by atoms with van der Waals surface area (Å²) in [6.45, 7) is 3.21. The van der Waals surface area contributed by atoms with E-state index >= 15 is 8.78 Å². The number of hydrogen-bond donors (Lipinski definition) is 7. The average molecular weight is 1040 g/mol. The number of carbonyl (C=O) groups is 8. The maximum atomic E-state index is 15.7. The second kappa shape index (κ2) is 23.8. The van der Waals surface area contributed by atoms with Gasteiger partial charge in [0.2, 0.25) is 23.2 Å². The fourth-order valence-corrected chi connectivity index (χ4v) is 8.19. The van der Waals surface area contributed by atoms with Gasteiger partial charge in [0.25, 0.3) is 11.8 Å². The first-order valence-electron chi connectivity index (χ1n) is 22.7. The van der Waals surface area contributed by atoms with Crippen LogP contribution in [0.3, 0.4) is 0 Å². The van der Waals surface area contributed by atoms with E-state index in [-0.39, 0.29) is 81.0 Å². The Bertz CT molecular complexity index is 2910. The number of rotatable bonds is 22. The molecule has 73 heavy (non-hydrogen) atoms. The van der Waals surface area contributed by atoms with Gasteiger partial charge in [-0.15, -0.1) is 0 Å². The van der Waals surface area contributed by atoms with Gasteiger partial charge in [0, 0.05) is 49.6 Å². The molecule has 0 radical (unpaired) electrons. The molecule has 1 saturated heterocycles. The van der Waals surface area contributed by atoms with Gasteiger partial charge in [0.1, 0.15) is 36.2 Å². The molecule has 388 valence electrons. The van der Waals surface area contributed by atoms with Crippen molar-refractivity contribution in [3.63, 3.8) is 0 Å². The van der Waals surface area contributed by atoms with Gasteiger partial charge in [-0.3, -0.25) is 38.2 Å². The molecule has 0 aliphatic carbocycles. The first-order chi connectivity index (χ1) is 34.6. The molecular weight excluding hydrogens is 989 g/mol. The number of imide groups is 1. The number of hydrogen-bond acceptors (Lipinski definition) is 14. The fourth-order valence-electron chi connectivity index (χ4n) is 7.79. The van der Waals surface area contributed by atoms with E-state index in [1.54, 1.807) is 13.8 Å². The molecule has 2 aliphatic heterocycles. The Balaban J connectivity index is 1.01. The minimum Gasteiger partial charge on any atom is -0.477 e. The number of primary amides is 1. The molecule has 26 heteroatoms. The molecule has 2 aromatic carbocycles. The van der Waals surface area contributed by atoms with E-state index < -0.39 is 105 Å². The van der Waals surface area contributed by atoms with E-state index in [0.29, 0.717) is 48.8 Å². The highest BCUT2D eigenvalue weighted by Gasteiger charge is 2.36. The number of anilines is 3. The molecule has 4 heterocycles. The van der Waals surface area contributed by atoms with Gasteiger partial charge < -0.3 is 52.2 Å². The number of halogens is 4. The smallest absolute Gasteiger partial charge is 0.477 e. The van der Waals surface area contributed by atoms with Crippen LogP contribution in [0.5, 0.6) is 0 Å². The molecule has 6 rings (SSSR count). The first-order valence-corrected chi connectivity index (χ1v) is 23.1. The number of fused-ring (bicyclic) bond motifs is 1. The highest BCUT2D eigenvalue weighted by Crippen LogP contribution is 2.39. The maximum Gasteiger partial charge on any atom is 0.509 e. The first kappa shape index (κ1) is 54.1. The summed E-state index contributed by atoms with van der Waals surface area (Å²) >= 11 is 6.63. The zero-order valence-electron chi connectivity index (χ0n) is 39.2. The van der Waals surface area contributed by atoms with Gasteiger partial charge in [-0.1, -0.05) is 44.0 Å². The van der Waals surface area contributed by atoms with Crippen molar-refractivity contribution < 1.29 is 66.1 Å². The van der Waals surface area contributed by atoms with Gasteiger partial charge in [-0.2, -0.15) is 0 Å². The molecule has 1 fully saturated rings. The van der Waals surface area contributed by atoms with Crippen molar-refractivity contribution in [2.24, 2.45) is 11.7 Å². The number of carbonyl (C=O) groups excluding carboxylic acids is 7. The van der Waals surface area contributed by atoms with E-state index in [1.807, 2.05) is 0 Å². The highest BCUT2D eigenvalue weighted by atomic mass is 35.5. The number of ether oxygens (including phenoxy) is 2. The van der Waals surface area contributed by atoms with Crippen LogP contribution in [-0.2, 0) is 40.1 Å². The number of benzene rings is 2. The third kappa shape index (κ3) is 13.4. The molecule has 22 nitrogen and oxygen atoms in total. The molecule has 0 saturated carbocycles. The Hall–Kier alpha value is -8.22. The topological polar surface area (TPSA) is 317 Å². The second-order valence-corrected chi connectivity index (χ2v) is 17.6. The molecule has 7 amide bonds. The molecule has 2 aromatic heterocycles. The maximum absolute atomic E-state index is 15.7. The highest BCUT2D eigenvalue weighted by molar-refractivity contribution is 6.38. The van der Waals surface area contributed by atoms with Crippen molar-refractivity contribution in [2.45, 2.75) is 77.2 Å². The number of aromatic nitrogens is 2. The summed E-state index contributed by atoms with van der Waals surface area (Å²) in [6.07, 6.45) is 3.00. The number of unbranched alkanes of at least 4 members (excludes halogenated alkanes) is 2. The fraction of sp³-hybridized carbons (Fsp3) is 0.362. The van der Waals surface area contributed by atoms with Gasteiger partial charge in [0.05, 0.1) is 34.7 Å². The van der Waals surface area contributed by atoms with Crippen LogP contribution in [-0.4, -0.2) is 112 Å². The van der Waals surface area contributed by atoms with Crippen LogP contribution in [0.4, 0.5) is 40.0 Å². The number of nitrogens with one attached hydrogen (secondary N) is 4. The standard InChI is InChI=1S/C47H50ClF3N10O12/c1-23(2)37(57-33(62)8-4-3-5-16-60-34(63)13-14-35(60)64)44(67)56-32(7-6-15-54-46(53)70)43(66)55-25-11-9-24(10-12-25)22-72-47(71)73-26-19-59(20-26)39-29(49)17-27-38(36(39)48)61(21-28(40(27)65)45(68)69)42-31(51)18-30(50)41(52)58-42/h9-14,17-18,21,23,26,32,37H,3-8,15-16,19-20,22H2,1-2H3,(H2,52,58)(H,55,66)(H,56,67)(H,57,62)(H,68,69)(H3,53,54,70)/t32-,37-/m0/s1. The number of aromatic carboxylic acids is 1. The Morgan fingerprint density at radius 3 is 2.23 bits per heavy atom. The van der Waals surface area contributed by atoms with E-state index in [2.05, 4.69) is 26.3 Å². The predicted molar refractivity (Wildman–Crippen MR) is 256 cm³/mol. The predicted octanol–water partition coefficient (Wildman–Crippen LogP) is 3.78. The third-order valence-corrected chi connectivity index (χ3v) is 12.0. The Morgan fingerprint density at radius 1 is 0.904 bits per heavy atom. The SMILES string of the molecule is CC(C)[C@H](NC(=O)CCCCCN1C(=O)C=CC1=O)C(=O)N[C@@H](CCCNC(N)=O)C(=O)Nc1ccc(COC(=O)OC2CN(c3c(F)cc4c(=O)c(C(=O)O)cn(-c5nc(N)c(F)cc5F)c4c3Cl)C2)cc1. The summed E-state index contributed by atoms with van der Waals surface area (Å²) in [5.74, 6) is -9.63. The lowest BCUT2D eigenvalue weighted by Gasteiger charge is -2.40. The normalized spacial score (nSPS) is 14.2. The summed E-state index contributed by atoms with van der Waals surface area (Å²) in [4.78, 5) is 119. The van der Waals surface area contributed by atoms with Gasteiger partial charge >= 0.3 is 18.2 Å². The van der Waals surface area contributed by atoms with Crippen molar-refractivity contribution in [1.29, 1.82) is 0 Å². The van der Waals surface area contributed by atoms with Crippen molar-refractivity contribution in [3.05, 3.63) is 98.6 Å². The van der Waals surface area contributed by atoms with Gasteiger partial charge in [0.15, 0.2) is 23.3 Å². The number of carboxylic acids is 1. The number of nitrogens with two attached hydrogens (primary N) is 2. The van der Waals surface area contributed by atoms with Crippen LogP contribution in [0, 0.1) is 23.4 Å². The average Bonchev–Trinajstić information content (AvgIpc) is 3.64. The number of urea groups is 1. The quantitative estimate of drug-likeness (QED) is 0.0335. The van der Waals surface area contributed by atoms with Crippen molar-refractivity contribution in [2.75, 3.05) is 42.1 Å². The van der Waals surface area contributed by atoms with E-state index in [4.69, 9.17) is 32.5 Å². The van der Waals surface area contributed by atoms with E-state index in [1.165, 1.54) is 41.3 Å². The van der Waals surface area contributed by atoms with Crippen LogP contribution < -0.4 is 43.1 Å². The molecule has 0 spiro atoms.